The molecule has 7 heteroatoms. The van der Waals surface area contributed by atoms with Crippen LogP contribution in [-0.4, -0.2) is 43.2 Å². The van der Waals surface area contributed by atoms with Crippen molar-refractivity contribution in [3.63, 3.8) is 0 Å². The smallest absolute Gasteiger partial charge is 0.314 e. The van der Waals surface area contributed by atoms with Crippen molar-refractivity contribution in [2.24, 2.45) is 5.41 Å². The maximum Gasteiger partial charge on any atom is 0.314 e. The number of carbonyl (C=O) groups excluding carboxylic acids is 2. The van der Waals surface area contributed by atoms with Crippen molar-refractivity contribution in [3.05, 3.63) is 0 Å². The lowest BCUT2D eigenvalue weighted by Crippen LogP contribution is -2.47. The summed E-state index contributed by atoms with van der Waals surface area (Å²) in [6, 6.07) is -0.430. The number of carboxylic acid groups (broad SMARTS) is 1. The van der Waals surface area contributed by atoms with Crippen molar-refractivity contribution in [2.45, 2.75) is 38.5 Å². The van der Waals surface area contributed by atoms with E-state index in [4.69, 9.17) is 0 Å². The highest BCUT2D eigenvalue weighted by molar-refractivity contribution is 5.79. The Morgan fingerprint density at radius 3 is 2.30 bits per heavy atom. The van der Waals surface area contributed by atoms with Crippen LogP contribution < -0.4 is 16.0 Å². The van der Waals surface area contributed by atoms with E-state index in [1.165, 1.54) is 7.05 Å². The lowest BCUT2D eigenvalue weighted by atomic mass is 9.74. The molecule has 114 valence electrons. The number of hydrogen-bond acceptors (Lipinski definition) is 3. The summed E-state index contributed by atoms with van der Waals surface area (Å²) in [4.78, 5) is 34.0. The molecule has 0 heterocycles. The van der Waals surface area contributed by atoms with Crippen LogP contribution in [0, 0.1) is 5.41 Å². The fourth-order valence-corrected chi connectivity index (χ4v) is 2.42. The molecule has 0 unspecified atom stereocenters. The molecule has 1 saturated carbocycles. The molecule has 0 aromatic rings. The van der Waals surface area contributed by atoms with Crippen LogP contribution in [0.4, 0.5) is 4.79 Å². The third kappa shape index (κ3) is 4.71. The highest BCUT2D eigenvalue weighted by Crippen LogP contribution is 2.35. The maximum atomic E-state index is 11.6. The standard InChI is InChI=1S/C13H23N3O4/c1-14-10(17)5-8-15-12(20)16-9-13(11(18)19)6-3-2-4-7-13/h2-9H2,1H3,(H,14,17)(H,18,19)(H2,15,16,20). The van der Waals surface area contributed by atoms with Crippen LogP contribution in [-0.2, 0) is 9.59 Å². The molecular weight excluding hydrogens is 262 g/mol. The third-order valence-corrected chi connectivity index (χ3v) is 3.77. The molecule has 0 aromatic carbocycles. The van der Waals surface area contributed by atoms with Crippen molar-refractivity contribution in [2.75, 3.05) is 20.1 Å². The molecule has 0 aromatic heterocycles. The summed E-state index contributed by atoms with van der Waals surface area (Å²) in [6.07, 6.45) is 4.21. The number of nitrogens with one attached hydrogen (secondary N) is 3. The minimum atomic E-state index is -0.845. The van der Waals surface area contributed by atoms with E-state index in [9.17, 15) is 19.5 Å². The normalized spacial score (nSPS) is 17.1. The van der Waals surface area contributed by atoms with Crippen LogP contribution in [0.15, 0.2) is 0 Å². The number of carboxylic acids is 1. The SMILES string of the molecule is CNC(=O)CCNC(=O)NCC1(C(=O)O)CCCCC1. The van der Waals surface area contributed by atoms with Gasteiger partial charge in [0.25, 0.3) is 0 Å². The molecule has 1 aliphatic rings. The molecule has 0 spiro atoms. The fraction of sp³-hybridized carbons (Fsp3) is 0.769. The van der Waals surface area contributed by atoms with Crippen LogP contribution in [0.25, 0.3) is 0 Å². The average Bonchev–Trinajstić information content (AvgIpc) is 2.45. The monoisotopic (exact) mass is 285 g/mol. The number of carbonyl (C=O) groups is 3. The zero-order valence-corrected chi connectivity index (χ0v) is 11.8. The van der Waals surface area contributed by atoms with Crippen molar-refractivity contribution in [1.82, 2.24) is 16.0 Å². The Morgan fingerprint density at radius 2 is 1.75 bits per heavy atom. The predicted octanol–water partition coefficient (Wildman–Crippen LogP) is 0.457. The first-order chi connectivity index (χ1) is 9.50. The van der Waals surface area contributed by atoms with Gasteiger partial charge < -0.3 is 21.1 Å². The first-order valence-electron chi connectivity index (χ1n) is 6.96. The molecule has 4 N–H and O–H groups in total. The maximum absolute atomic E-state index is 11.6. The number of amides is 3. The molecule has 0 saturated heterocycles. The van der Waals surface area contributed by atoms with Crippen LogP contribution in [0.2, 0.25) is 0 Å². The molecule has 1 aliphatic carbocycles. The summed E-state index contributed by atoms with van der Waals surface area (Å²) in [5.41, 5.74) is -0.837. The van der Waals surface area contributed by atoms with Gasteiger partial charge in [-0.1, -0.05) is 19.3 Å². The van der Waals surface area contributed by atoms with E-state index in [0.29, 0.717) is 12.8 Å². The van der Waals surface area contributed by atoms with E-state index in [1.807, 2.05) is 0 Å². The molecule has 0 radical (unpaired) electrons. The topological polar surface area (TPSA) is 108 Å². The van der Waals surface area contributed by atoms with E-state index < -0.39 is 17.4 Å². The van der Waals surface area contributed by atoms with E-state index in [2.05, 4.69) is 16.0 Å². The van der Waals surface area contributed by atoms with E-state index in [1.54, 1.807) is 0 Å². The van der Waals surface area contributed by atoms with Gasteiger partial charge in [0.2, 0.25) is 5.91 Å². The highest BCUT2D eigenvalue weighted by atomic mass is 16.4. The molecular formula is C13H23N3O4. The van der Waals surface area contributed by atoms with Gasteiger partial charge in [0.15, 0.2) is 0 Å². The number of rotatable bonds is 6. The third-order valence-electron chi connectivity index (χ3n) is 3.77. The summed E-state index contributed by atoms with van der Waals surface area (Å²) in [5, 5.41) is 17.0. The van der Waals surface area contributed by atoms with Crippen LogP contribution >= 0.6 is 0 Å². The van der Waals surface area contributed by atoms with Gasteiger partial charge in [-0.15, -0.1) is 0 Å². The first-order valence-corrected chi connectivity index (χ1v) is 6.96. The van der Waals surface area contributed by atoms with Gasteiger partial charge in [0, 0.05) is 26.6 Å². The zero-order chi connectivity index (χ0) is 15.0. The van der Waals surface area contributed by atoms with Gasteiger partial charge in [-0.3, -0.25) is 9.59 Å². The van der Waals surface area contributed by atoms with E-state index in [-0.39, 0.29) is 25.4 Å². The Hall–Kier alpha value is -1.79. The van der Waals surface area contributed by atoms with Gasteiger partial charge >= 0.3 is 12.0 Å². The van der Waals surface area contributed by atoms with Gasteiger partial charge in [-0.05, 0) is 12.8 Å². The van der Waals surface area contributed by atoms with Crippen molar-refractivity contribution in [1.29, 1.82) is 0 Å². The highest BCUT2D eigenvalue weighted by Gasteiger charge is 2.39. The second kappa shape index (κ2) is 7.72. The van der Waals surface area contributed by atoms with Gasteiger partial charge in [-0.25, -0.2) is 4.79 Å². The van der Waals surface area contributed by atoms with Crippen LogP contribution in [0.3, 0.4) is 0 Å². The van der Waals surface area contributed by atoms with Gasteiger partial charge in [0.1, 0.15) is 0 Å². The average molecular weight is 285 g/mol. The Kier molecular flexibility index (Phi) is 6.27. The largest absolute Gasteiger partial charge is 0.481 e. The minimum absolute atomic E-state index is 0.133. The van der Waals surface area contributed by atoms with Crippen LogP contribution in [0.1, 0.15) is 38.5 Å². The van der Waals surface area contributed by atoms with Gasteiger partial charge in [0.05, 0.1) is 5.41 Å². The molecule has 3 amide bonds. The second-order valence-corrected chi connectivity index (χ2v) is 5.18. The summed E-state index contributed by atoms with van der Waals surface area (Å²) in [5.74, 6) is -0.998. The number of urea groups is 1. The molecule has 0 atom stereocenters. The molecule has 7 nitrogen and oxygen atoms in total. The number of aliphatic carboxylic acids is 1. The molecule has 1 rings (SSSR count). The Labute approximate surface area is 118 Å². The summed E-state index contributed by atoms with van der Waals surface area (Å²) < 4.78 is 0. The first kappa shape index (κ1) is 16.3. The number of hydrogen-bond donors (Lipinski definition) is 4. The van der Waals surface area contributed by atoms with E-state index in [0.717, 1.165) is 19.3 Å². The predicted molar refractivity (Wildman–Crippen MR) is 73.2 cm³/mol. The Bertz CT molecular complexity index is 365. The minimum Gasteiger partial charge on any atom is -0.481 e. The molecule has 0 aliphatic heterocycles. The van der Waals surface area contributed by atoms with Crippen LogP contribution in [0.5, 0.6) is 0 Å². The quantitative estimate of drug-likeness (QED) is 0.568. The van der Waals surface area contributed by atoms with Crippen molar-refractivity contribution in [3.8, 4) is 0 Å². The molecule has 1 fully saturated rings. The van der Waals surface area contributed by atoms with Crippen molar-refractivity contribution >= 4 is 17.9 Å². The molecule has 20 heavy (non-hydrogen) atoms. The summed E-state index contributed by atoms with van der Waals surface area (Å²) in [6.45, 7) is 0.361. The van der Waals surface area contributed by atoms with E-state index >= 15 is 0 Å². The zero-order valence-electron chi connectivity index (χ0n) is 11.8. The summed E-state index contributed by atoms with van der Waals surface area (Å²) >= 11 is 0. The van der Waals surface area contributed by atoms with Gasteiger partial charge in [-0.2, -0.15) is 0 Å². The molecule has 0 bridgehead atoms. The van der Waals surface area contributed by atoms with Crippen molar-refractivity contribution < 1.29 is 19.5 Å². The Balaban J connectivity index is 2.34. The second-order valence-electron chi connectivity index (χ2n) is 5.18. The Morgan fingerprint density at radius 1 is 1.10 bits per heavy atom. The summed E-state index contributed by atoms with van der Waals surface area (Å²) in [7, 11) is 1.53. The fourth-order valence-electron chi connectivity index (χ4n) is 2.42. The lowest BCUT2D eigenvalue weighted by molar-refractivity contribution is -0.150. The lowest BCUT2D eigenvalue weighted by Gasteiger charge is -2.33.